The average Bonchev–Trinajstić information content (AvgIpc) is 2.29. The van der Waals surface area contributed by atoms with Gasteiger partial charge in [0.25, 0.3) is 0 Å². The van der Waals surface area contributed by atoms with Crippen LogP contribution in [-0.2, 0) is 16.4 Å². The Labute approximate surface area is 103 Å². The SMILES string of the molecule is CCS(=O)(=O)CCCNCc1cccc(C)n1. The molecule has 0 bridgehead atoms. The molecule has 0 saturated heterocycles. The van der Waals surface area contributed by atoms with E-state index < -0.39 is 9.84 Å². The van der Waals surface area contributed by atoms with E-state index in [2.05, 4.69) is 10.3 Å². The maximum atomic E-state index is 11.2. The van der Waals surface area contributed by atoms with Gasteiger partial charge in [0.2, 0.25) is 0 Å². The van der Waals surface area contributed by atoms with Gasteiger partial charge in [0, 0.05) is 18.0 Å². The largest absolute Gasteiger partial charge is 0.311 e. The summed E-state index contributed by atoms with van der Waals surface area (Å²) in [5.41, 5.74) is 1.99. The third kappa shape index (κ3) is 5.79. The molecule has 0 aromatic carbocycles. The van der Waals surface area contributed by atoms with Gasteiger partial charge < -0.3 is 5.32 Å². The van der Waals surface area contributed by atoms with Crippen LogP contribution in [-0.4, -0.2) is 31.5 Å². The van der Waals surface area contributed by atoms with Gasteiger partial charge in [0.15, 0.2) is 0 Å². The van der Waals surface area contributed by atoms with Crippen molar-refractivity contribution in [3.8, 4) is 0 Å². The van der Waals surface area contributed by atoms with Crippen LogP contribution in [0.1, 0.15) is 24.7 Å². The average molecular weight is 256 g/mol. The molecular formula is C12H20N2O2S. The van der Waals surface area contributed by atoms with Crippen molar-refractivity contribution >= 4 is 9.84 Å². The molecule has 1 N–H and O–H groups in total. The van der Waals surface area contributed by atoms with Crippen molar-refractivity contribution in [2.24, 2.45) is 0 Å². The Morgan fingerprint density at radius 2 is 2.12 bits per heavy atom. The minimum Gasteiger partial charge on any atom is -0.311 e. The summed E-state index contributed by atoms with van der Waals surface area (Å²) in [5, 5.41) is 3.20. The third-order valence-corrected chi connectivity index (χ3v) is 4.29. The zero-order valence-electron chi connectivity index (χ0n) is 10.4. The molecule has 0 aliphatic heterocycles. The van der Waals surface area contributed by atoms with Crippen molar-refractivity contribution in [1.82, 2.24) is 10.3 Å². The molecule has 1 heterocycles. The van der Waals surface area contributed by atoms with E-state index in [1.165, 1.54) is 0 Å². The van der Waals surface area contributed by atoms with E-state index in [1.54, 1.807) is 6.92 Å². The second-order valence-electron chi connectivity index (χ2n) is 4.04. The standard InChI is InChI=1S/C12H20N2O2S/c1-3-17(15,16)9-5-8-13-10-12-7-4-6-11(2)14-12/h4,6-7,13H,3,5,8-10H2,1-2H3. The highest BCUT2D eigenvalue weighted by molar-refractivity contribution is 7.91. The smallest absolute Gasteiger partial charge is 0.150 e. The van der Waals surface area contributed by atoms with Crippen molar-refractivity contribution in [3.63, 3.8) is 0 Å². The molecule has 5 heteroatoms. The molecule has 1 aromatic rings. The zero-order chi connectivity index (χ0) is 12.7. The summed E-state index contributed by atoms with van der Waals surface area (Å²) in [7, 11) is -2.83. The number of sulfone groups is 1. The lowest BCUT2D eigenvalue weighted by Gasteiger charge is -2.05. The summed E-state index contributed by atoms with van der Waals surface area (Å²) in [6.07, 6.45) is 0.655. The van der Waals surface area contributed by atoms with Crippen LogP contribution in [0.2, 0.25) is 0 Å². The molecule has 0 fully saturated rings. The molecule has 17 heavy (non-hydrogen) atoms. The predicted octanol–water partition coefficient (Wildman–Crippen LogP) is 1.30. The minimum absolute atomic E-state index is 0.229. The number of aryl methyl sites for hydroxylation is 1. The van der Waals surface area contributed by atoms with E-state index in [1.807, 2.05) is 25.1 Å². The van der Waals surface area contributed by atoms with Crippen LogP contribution >= 0.6 is 0 Å². The molecule has 96 valence electrons. The second kappa shape index (κ2) is 6.71. The van der Waals surface area contributed by atoms with Gasteiger partial charge in [-0.25, -0.2) is 8.42 Å². The summed E-state index contributed by atoms with van der Waals surface area (Å²) in [4.78, 5) is 4.36. The van der Waals surface area contributed by atoms with Gasteiger partial charge in [-0.05, 0) is 32.0 Å². The lowest BCUT2D eigenvalue weighted by Crippen LogP contribution is -2.19. The normalized spacial score (nSPS) is 11.6. The Morgan fingerprint density at radius 1 is 1.35 bits per heavy atom. The lowest BCUT2D eigenvalue weighted by atomic mass is 10.3. The monoisotopic (exact) mass is 256 g/mol. The highest BCUT2D eigenvalue weighted by Crippen LogP contribution is 1.98. The van der Waals surface area contributed by atoms with Gasteiger partial charge in [-0.3, -0.25) is 4.98 Å². The molecule has 1 aromatic heterocycles. The Kier molecular flexibility index (Phi) is 5.58. The van der Waals surface area contributed by atoms with Gasteiger partial charge in [0.1, 0.15) is 9.84 Å². The maximum Gasteiger partial charge on any atom is 0.150 e. The number of aromatic nitrogens is 1. The molecule has 1 rings (SSSR count). The number of hydrogen-bond donors (Lipinski definition) is 1. The van der Waals surface area contributed by atoms with Crippen LogP contribution in [0.25, 0.3) is 0 Å². The van der Waals surface area contributed by atoms with Crippen LogP contribution in [0.4, 0.5) is 0 Å². The molecule has 0 aliphatic carbocycles. The molecule has 4 nitrogen and oxygen atoms in total. The highest BCUT2D eigenvalue weighted by atomic mass is 32.2. The van der Waals surface area contributed by atoms with E-state index in [4.69, 9.17) is 0 Å². The Bertz CT molecular complexity index is 444. The summed E-state index contributed by atoms with van der Waals surface area (Å²) < 4.78 is 22.5. The highest BCUT2D eigenvalue weighted by Gasteiger charge is 2.05. The number of pyridine rings is 1. The van der Waals surface area contributed by atoms with Crippen LogP contribution in [0.5, 0.6) is 0 Å². The summed E-state index contributed by atoms with van der Waals surface area (Å²) >= 11 is 0. The Morgan fingerprint density at radius 3 is 2.76 bits per heavy atom. The lowest BCUT2D eigenvalue weighted by molar-refractivity contribution is 0.589. The summed E-state index contributed by atoms with van der Waals surface area (Å²) in [5.74, 6) is 0.490. The predicted molar refractivity (Wildman–Crippen MR) is 69.6 cm³/mol. The van der Waals surface area contributed by atoms with E-state index in [9.17, 15) is 8.42 Å². The fourth-order valence-corrected chi connectivity index (χ4v) is 2.35. The van der Waals surface area contributed by atoms with E-state index in [-0.39, 0.29) is 11.5 Å². The second-order valence-corrected chi connectivity index (χ2v) is 6.51. The van der Waals surface area contributed by atoms with E-state index in [0.29, 0.717) is 19.5 Å². The first-order valence-corrected chi connectivity index (χ1v) is 7.69. The fourth-order valence-electron chi connectivity index (χ4n) is 1.48. The topological polar surface area (TPSA) is 59.1 Å². The van der Waals surface area contributed by atoms with Crippen LogP contribution in [0.3, 0.4) is 0 Å². The summed E-state index contributed by atoms with van der Waals surface area (Å²) in [6, 6.07) is 5.89. The molecule has 0 spiro atoms. The molecule has 0 amide bonds. The van der Waals surface area contributed by atoms with Gasteiger partial charge >= 0.3 is 0 Å². The fraction of sp³-hybridized carbons (Fsp3) is 0.583. The van der Waals surface area contributed by atoms with Crippen LogP contribution in [0.15, 0.2) is 18.2 Å². The minimum atomic E-state index is -2.83. The quantitative estimate of drug-likeness (QED) is 0.747. The van der Waals surface area contributed by atoms with Crippen molar-refractivity contribution in [1.29, 1.82) is 0 Å². The molecule has 0 atom stereocenters. The number of nitrogens with zero attached hydrogens (tertiary/aromatic N) is 1. The Balaban J connectivity index is 2.21. The van der Waals surface area contributed by atoms with Crippen molar-refractivity contribution in [2.75, 3.05) is 18.1 Å². The zero-order valence-corrected chi connectivity index (χ0v) is 11.3. The van der Waals surface area contributed by atoms with Gasteiger partial charge in [0.05, 0.1) is 11.4 Å². The first-order valence-electron chi connectivity index (χ1n) is 5.87. The Hall–Kier alpha value is -0.940. The van der Waals surface area contributed by atoms with Crippen LogP contribution in [0, 0.1) is 6.92 Å². The van der Waals surface area contributed by atoms with E-state index >= 15 is 0 Å². The molecule has 0 aliphatic rings. The first kappa shape index (κ1) is 14.1. The van der Waals surface area contributed by atoms with Gasteiger partial charge in [-0.2, -0.15) is 0 Å². The van der Waals surface area contributed by atoms with Gasteiger partial charge in [-0.1, -0.05) is 13.0 Å². The number of hydrogen-bond acceptors (Lipinski definition) is 4. The number of rotatable bonds is 7. The van der Waals surface area contributed by atoms with Crippen molar-refractivity contribution in [2.45, 2.75) is 26.8 Å². The molecular weight excluding hydrogens is 236 g/mol. The van der Waals surface area contributed by atoms with E-state index in [0.717, 1.165) is 11.4 Å². The van der Waals surface area contributed by atoms with Crippen molar-refractivity contribution < 1.29 is 8.42 Å². The molecule has 0 radical (unpaired) electrons. The van der Waals surface area contributed by atoms with Gasteiger partial charge in [-0.15, -0.1) is 0 Å². The molecule has 0 saturated carbocycles. The molecule has 0 unspecified atom stereocenters. The third-order valence-electron chi connectivity index (χ3n) is 2.50. The van der Waals surface area contributed by atoms with Crippen molar-refractivity contribution in [3.05, 3.63) is 29.6 Å². The number of nitrogens with one attached hydrogen (secondary N) is 1. The first-order chi connectivity index (χ1) is 8.03. The summed E-state index contributed by atoms with van der Waals surface area (Å²) in [6.45, 7) is 5.03. The van der Waals surface area contributed by atoms with Crippen LogP contribution < -0.4 is 5.32 Å². The maximum absolute atomic E-state index is 11.2.